The summed E-state index contributed by atoms with van der Waals surface area (Å²) < 4.78 is 24.9. The highest BCUT2D eigenvalue weighted by Crippen LogP contribution is 2.19. The average Bonchev–Trinajstić information content (AvgIpc) is 2.77. The zero-order valence-corrected chi connectivity index (χ0v) is 18.7. The molecule has 2 rings (SSSR count). The van der Waals surface area contributed by atoms with Crippen molar-refractivity contribution in [1.82, 2.24) is 15.5 Å². The number of halogens is 1. The summed E-state index contributed by atoms with van der Waals surface area (Å²) in [6, 6.07) is 7.06. The molecule has 0 unspecified atom stereocenters. The molecule has 0 aromatic heterocycles. The van der Waals surface area contributed by atoms with Gasteiger partial charge >= 0.3 is 0 Å². The Morgan fingerprint density at radius 3 is 2.53 bits per heavy atom. The van der Waals surface area contributed by atoms with Crippen LogP contribution in [-0.2, 0) is 16.0 Å². The molecule has 0 atom stereocenters. The van der Waals surface area contributed by atoms with Crippen molar-refractivity contribution in [2.24, 2.45) is 10.9 Å². The zero-order chi connectivity index (χ0) is 21.4. The van der Waals surface area contributed by atoms with Gasteiger partial charge in [0.1, 0.15) is 5.82 Å². The van der Waals surface area contributed by atoms with Crippen LogP contribution >= 0.6 is 0 Å². The minimum Gasteiger partial charge on any atom is -0.379 e. The number of likely N-dealkylation sites (tertiary alicyclic amines) is 1. The number of unbranched alkanes of at least 4 members (excludes halogenated alkanes) is 1. The zero-order valence-electron chi connectivity index (χ0n) is 18.7. The Balaban J connectivity index is 1.52. The van der Waals surface area contributed by atoms with Gasteiger partial charge in [0.15, 0.2) is 5.96 Å². The van der Waals surface area contributed by atoms with Gasteiger partial charge in [-0.25, -0.2) is 4.39 Å². The molecule has 0 amide bonds. The van der Waals surface area contributed by atoms with E-state index < -0.39 is 0 Å². The van der Waals surface area contributed by atoms with Crippen molar-refractivity contribution in [3.05, 3.63) is 35.6 Å². The van der Waals surface area contributed by atoms with Crippen LogP contribution in [0.3, 0.4) is 0 Å². The number of hydrogen-bond acceptors (Lipinski definition) is 4. The van der Waals surface area contributed by atoms with Crippen LogP contribution < -0.4 is 10.6 Å². The quantitative estimate of drug-likeness (QED) is 0.291. The molecule has 30 heavy (non-hydrogen) atoms. The van der Waals surface area contributed by atoms with Crippen molar-refractivity contribution in [2.75, 3.05) is 59.7 Å². The van der Waals surface area contributed by atoms with E-state index in [0.29, 0.717) is 32.3 Å². The van der Waals surface area contributed by atoms with Crippen molar-refractivity contribution >= 4 is 5.96 Å². The van der Waals surface area contributed by atoms with Crippen LogP contribution in [-0.4, -0.2) is 70.5 Å². The first-order valence-electron chi connectivity index (χ1n) is 11.3. The van der Waals surface area contributed by atoms with Gasteiger partial charge in [0, 0.05) is 38.9 Å². The molecule has 1 heterocycles. The molecule has 2 N–H and O–H groups in total. The monoisotopic (exact) mass is 422 g/mol. The molecule has 1 aliphatic rings. The smallest absolute Gasteiger partial charge is 0.191 e. The Morgan fingerprint density at radius 1 is 1.10 bits per heavy atom. The number of rotatable bonds is 13. The largest absolute Gasteiger partial charge is 0.379 e. The van der Waals surface area contributed by atoms with E-state index in [2.05, 4.69) is 27.4 Å². The number of aliphatic imine (C=N–C) groups is 1. The molecule has 1 aromatic carbocycles. The van der Waals surface area contributed by atoms with Gasteiger partial charge in [0.25, 0.3) is 0 Å². The first-order valence-corrected chi connectivity index (χ1v) is 11.3. The van der Waals surface area contributed by atoms with Gasteiger partial charge in [-0.2, -0.15) is 0 Å². The van der Waals surface area contributed by atoms with Gasteiger partial charge < -0.3 is 20.1 Å². The van der Waals surface area contributed by atoms with Gasteiger partial charge in [-0.05, 0) is 44.3 Å². The highest BCUT2D eigenvalue weighted by atomic mass is 19.1. The highest BCUT2D eigenvalue weighted by molar-refractivity contribution is 5.79. The van der Waals surface area contributed by atoms with E-state index in [1.807, 2.05) is 12.1 Å². The summed E-state index contributed by atoms with van der Waals surface area (Å²) in [5, 5.41) is 6.71. The Hall–Kier alpha value is -1.70. The number of nitrogens with zero attached hydrogens (tertiary/aromatic N) is 2. The first kappa shape index (κ1) is 24.6. The average molecular weight is 423 g/mol. The molecule has 0 radical (unpaired) electrons. The molecule has 0 spiro atoms. The lowest BCUT2D eigenvalue weighted by Crippen LogP contribution is -2.43. The second kappa shape index (κ2) is 15.2. The molecule has 1 fully saturated rings. The lowest BCUT2D eigenvalue weighted by molar-refractivity contribution is 0.0487. The van der Waals surface area contributed by atoms with E-state index in [4.69, 9.17) is 9.47 Å². The molecule has 1 aliphatic heterocycles. The van der Waals surface area contributed by atoms with E-state index in [0.717, 1.165) is 70.0 Å². The minimum atomic E-state index is -0.107. The molecule has 6 nitrogen and oxygen atoms in total. The third kappa shape index (κ3) is 9.87. The predicted octanol–water partition coefficient (Wildman–Crippen LogP) is 3.04. The van der Waals surface area contributed by atoms with Crippen LogP contribution in [0.1, 0.15) is 38.2 Å². The highest BCUT2D eigenvalue weighted by Gasteiger charge is 2.20. The molecule has 0 saturated carbocycles. The molecule has 170 valence electrons. The maximum absolute atomic E-state index is 13.8. The predicted molar refractivity (Wildman–Crippen MR) is 120 cm³/mol. The van der Waals surface area contributed by atoms with Crippen LogP contribution in [0.2, 0.25) is 0 Å². The molecule has 1 saturated heterocycles. The van der Waals surface area contributed by atoms with Crippen LogP contribution in [0.5, 0.6) is 0 Å². The van der Waals surface area contributed by atoms with Gasteiger partial charge in [-0.1, -0.05) is 31.5 Å². The maximum atomic E-state index is 13.8. The number of benzene rings is 1. The molecular formula is C23H39FN4O2. The van der Waals surface area contributed by atoms with Gasteiger partial charge in [-0.3, -0.25) is 9.89 Å². The Labute approximate surface area is 181 Å². The number of piperidine rings is 1. The van der Waals surface area contributed by atoms with E-state index in [9.17, 15) is 4.39 Å². The maximum Gasteiger partial charge on any atom is 0.191 e. The van der Waals surface area contributed by atoms with E-state index in [1.165, 1.54) is 6.07 Å². The van der Waals surface area contributed by atoms with Gasteiger partial charge in [0.05, 0.1) is 19.8 Å². The second-order valence-corrected chi connectivity index (χ2v) is 7.77. The van der Waals surface area contributed by atoms with Gasteiger partial charge in [-0.15, -0.1) is 0 Å². The lowest BCUT2D eigenvalue weighted by Gasteiger charge is -2.32. The Kier molecular flexibility index (Phi) is 12.4. The molecular weight excluding hydrogens is 383 g/mol. The molecule has 0 bridgehead atoms. The number of hydrogen-bond donors (Lipinski definition) is 2. The van der Waals surface area contributed by atoms with Crippen molar-refractivity contribution in [1.29, 1.82) is 0 Å². The summed E-state index contributed by atoms with van der Waals surface area (Å²) in [4.78, 5) is 6.62. The van der Waals surface area contributed by atoms with E-state index in [1.54, 1.807) is 13.1 Å². The lowest BCUT2D eigenvalue weighted by atomic mass is 9.96. The van der Waals surface area contributed by atoms with Crippen LogP contribution in [0.25, 0.3) is 0 Å². The summed E-state index contributed by atoms with van der Waals surface area (Å²) in [5.41, 5.74) is 0.786. The van der Waals surface area contributed by atoms with Crippen molar-refractivity contribution in [2.45, 2.75) is 39.2 Å². The molecule has 7 heteroatoms. The Bertz CT molecular complexity index is 607. The van der Waals surface area contributed by atoms with Crippen LogP contribution in [0.4, 0.5) is 4.39 Å². The normalized spacial score (nSPS) is 16.0. The van der Waals surface area contributed by atoms with Crippen LogP contribution in [0, 0.1) is 11.7 Å². The molecule has 1 aromatic rings. The van der Waals surface area contributed by atoms with Gasteiger partial charge in [0.2, 0.25) is 0 Å². The van der Waals surface area contributed by atoms with E-state index in [-0.39, 0.29) is 5.82 Å². The number of ether oxygens (including phenoxy) is 2. The fourth-order valence-electron chi connectivity index (χ4n) is 3.49. The third-order valence-corrected chi connectivity index (χ3v) is 5.39. The Morgan fingerprint density at radius 2 is 1.83 bits per heavy atom. The fraction of sp³-hybridized carbons (Fsp3) is 0.696. The molecule has 0 aliphatic carbocycles. The summed E-state index contributed by atoms with van der Waals surface area (Å²) in [7, 11) is 1.79. The van der Waals surface area contributed by atoms with Crippen LogP contribution in [0.15, 0.2) is 29.3 Å². The van der Waals surface area contributed by atoms with Crippen molar-refractivity contribution < 1.29 is 13.9 Å². The minimum absolute atomic E-state index is 0.107. The van der Waals surface area contributed by atoms with E-state index >= 15 is 0 Å². The number of nitrogens with one attached hydrogen (secondary N) is 2. The SMILES string of the molecule is CCCCOCCOCCNC(=NC)NCC1CCN(Cc2ccccc2F)CC1. The summed E-state index contributed by atoms with van der Waals surface area (Å²) in [5.74, 6) is 1.31. The second-order valence-electron chi connectivity index (χ2n) is 7.77. The number of guanidine groups is 1. The summed E-state index contributed by atoms with van der Waals surface area (Å²) in [6.45, 7) is 9.20. The van der Waals surface area contributed by atoms with Crippen molar-refractivity contribution in [3.63, 3.8) is 0 Å². The first-order chi connectivity index (χ1) is 14.7. The topological polar surface area (TPSA) is 58.1 Å². The van der Waals surface area contributed by atoms with Crippen molar-refractivity contribution in [3.8, 4) is 0 Å². The summed E-state index contributed by atoms with van der Waals surface area (Å²) >= 11 is 0. The third-order valence-electron chi connectivity index (χ3n) is 5.39. The summed E-state index contributed by atoms with van der Waals surface area (Å²) in [6.07, 6.45) is 4.48. The fourth-order valence-corrected chi connectivity index (χ4v) is 3.49. The standard InChI is InChI=1S/C23H39FN4O2/c1-3-4-14-29-16-17-30-15-11-26-23(25-2)27-18-20-9-12-28(13-10-20)19-21-7-5-6-8-22(21)24/h5-8,20H,3-4,9-19H2,1-2H3,(H2,25,26,27).